The van der Waals surface area contributed by atoms with Crippen LogP contribution in [0.15, 0.2) is 29.6 Å². The average Bonchev–Trinajstić information content (AvgIpc) is 2.94. The normalized spacial score (nSPS) is 10.8. The molecule has 2 rings (SSSR count). The highest BCUT2D eigenvalue weighted by Crippen LogP contribution is 2.14. The molecule has 1 heterocycles. The number of benzene rings is 1. The van der Waals surface area contributed by atoms with E-state index in [-0.39, 0.29) is 0 Å². The maximum atomic E-state index is 5.45. The maximum Gasteiger partial charge on any atom is 0.0952 e. The van der Waals surface area contributed by atoms with Crippen molar-refractivity contribution in [2.45, 2.75) is 19.9 Å². The summed E-state index contributed by atoms with van der Waals surface area (Å²) in [7, 11) is 1.68. The summed E-state index contributed by atoms with van der Waals surface area (Å²) in [6.45, 7) is 4.82. The molecule has 0 saturated carbocycles. The third-order valence-corrected chi connectivity index (χ3v) is 3.97. The topological polar surface area (TPSA) is 43.4 Å². The number of aromatic nitrogens is 1. The molecule has 0 radical (unpaired) electrons. The van der Waals surface area contributed by atoms with Gasteiger partial charge in [0.1, 0.15) is 0 Å². The van der Waals surface area contributed by atoms with Gasteiger partial charge < -0.3 is 14.8 Å². The van der Waals surface area contributed by atoms with Crippen molar-refractivity contribution in [2.75, 3.05) is 32.2 Å². The molecular formula is C16H22N2O2S. The van der Waals surface area contributed by atoms with Gasteiger partial charge in [-0.05, 0) is 19.1 Å². The molecule has 0 bridgehead atoms. The van der Waals surface area contributed by atoms with E-state index < -0.39 is 0 Å². The molecule has 0 atom stereocenters. The SMILES string of the molecule is COCCOCCc1nc(CNc2ccc(C)cc2)cs1. The van der Waals surface area contributed by atoms with Gasteiger partial charge in [0.05, 0.1) is 37.1 Å². The van der Waals surface area contributed by atoms with Gasteiger partial charge in [0, 0.05) is 24.6 Å². The second-order valence-corrected chi connectivity index (χ2v) is 5.75. The minimum atomic E-state index is 0.642. The zero-order valence-electron chi connectivity index (χ0n) is 12.6. The van der Waals surface area contributed by atoms with Crippen molar-refractivity contribution >= 4 is 17.0 Å². The summed E-state index contributed by atoms with van der Waals surface area (Å²) in [6, 6.07) is 8.39. The summed E-state index contributed by atoms with van der Waals surface area (Å²) < 4.78 is 10.4. The quantitative estimate of drug-likeness (QED) is 0.722. The van der Waals surface area contributed by atoms with Crippen molar-refractivity contribution in [1.82, 2.24) is 4.98 Å². The van der Waals surface area contributed by atoms with Crippen LogP contribution in [0.3, 0.4) is 0 Å². The van der Waals surface area contributed by atoms with Crippen molar-refractivity contribution < 1.29 is 9.47 Å². The molecule has 4 nitrogen and oxygen atoms in total. The van der Waals surface area contributed by atoms with Crippen molar-refractivity contribution in [1.29, 1.82) is 0 Å². The molecular weight excluding hydrogens is 284 g/mol. The van der Waals surface area contributed by atoms with Crippen LogP contribution < -0.4 is 5.32 Å². The number of nitrogens with one attached hydrogen (secondary N) is 1. The lowest BCUT2D eigenvalue weighted by molar-refractivity contribution is 0.0722. The Morgan fingerprint density at radius 1 is 1.14 bits per heavy atom. The monoisotopic (exact) mass is 306 g/mol. The molecule has 114 valence electrons. The summed E-state index contributed by atoms with van der Waals surface area (Å²) in [5.74, 6) is 0. The molecule has 0 amide bonds. The average molecular weight is 306 g/mol. The number of aryl methyl sites for hydroxylation is 1. The number of rotatable bonds is 9. The third-order valence-electron chi connectivity index (χ3n) is 3.02. The molecule has 0 aliphatic heterocycles. The Kier molecular flexibility index (Phi) is 6.66. The Morgan fingerprint density at radius 2 is 1.95 bits per heavy atom. The van der Waals surface area contributed by atoms with Gasteiger partial charge in [-0.15, -0.1) is 11.3 Å². The first kappa shape index (κ1) is 15.9. The molecule has 1 N–H and O–H groups in total. The molecule has 1 aromatic carbocycles. The predicted molar refractivity (Wildman–Crippen MR) is 87.0 cm³/mol. The highest BCUT2D eigenvalue weighted by molar-refractivity contribution is 7.09. The first-order chi connectivity index (χ1) is 10.3. The lowest BCUT2D eigenvalue weighted by Gasteiger charge is -2.04. The van der Waals surface area contributed by atoms with E-state index in [0.29, 0.717) is 19.8 Å². The Labute approximate surface area is 130 Å². The number of anilines is 1. The van der Waals surface area contributed by atoms with Gasteiger partial charge in [0.15, 0.2) is 0 Å². The smallest absolute Gasteiger partial charge is 0.0952 e. The van der Waals surface area contributed by atoms with E-state index in [9.17, 15) is 0 Å². The summed E-state index contributed by atoms with van der Waals surface area (Å²) in [4.78, 5) is 4.61. The van der Waals surface area contributed by atoms with Gasteiger partial charge in [-0.1, -0.05) is 17.7 Å². The molecule has 0 unspecified atom stereocenters. The van der Waals surface area contributed by atoms with Gasteiger partial charge in [0.25, 0.3) is 0 Å². The molecule has 2 aromatic rings. The van der Waals surface area contributed by atoms with E-state index in [0.717, 1.165) is 29.4 Å². The van der Waals surface area contributed by atoms with Crippen LogP contribution in [0.2, 0.25) is 0 Å². The van der Waals surface area contributed by atoms with E-state index >= 15 is 0 Å². The predicted octanol–water partition coefficient (Wildman–Crippen LogP) is 3.27. The van der Waals surface area contributed by atoms with Gasteiger partial charge in [-0.3, -0.25) is 0 Å². The van der Waals surface area contributed by atoms with Crippen molar-refractivity contribution in [3.63, 3.8) is 0 Å². The molecule has 0 fully saturated rings. The highest BCUT2D eigenvalue weighted by atomic mass is 32.1. The van der Waals surface area contributed by atoms with Gasteiger partial charge in [-0.25, -0.2) is 4.98 Å². The third kappa shape index (κ3) is 5.83. The molecule has 1 aromatic heterocycles. The Bertz CT molecular complexity index is 525. The standard InChI is InChI=1S/C16H22N2O2S/c1-13-3-5-14(6-4-13)17-11-15-12-21-16(18-15)7-8-20-10-9-19-2/h3-6,12,17H,7-11H2,1-2H3. The zero-order chi connectivity index (χ0) is 14.9. The van der Waals surface area contributed by atoms with E-state index in [1.54, 1.807) is 18.4 Å². The second kappa shape index (κ2) is 8.77. The summed E-state index contributed by atoms with van der Waals surface area (Å²) in [5.41, 5.74) is 3.47. The van der Waals surface area contributed by atoms with Gasteiger partial charge >= 0.3 is 0 Å². The largest absolute Gasteiger partial charge is 0.382 e. The zero-order valence-corrected chi connectivity index (χ0v) is 13.4. The summed E-state index contributed by atoms with van der Waals surface area (Å²) in [5, 5.41) is 6.60. The van der Waals surface area contributed by atoms with Crippen LogP contribution in [0.1, 0.15) is 16.3 Å². The Morgan fingerprint density at radius 3 is 2.71 bits per heavy atom. The fourth-order valence-electron chi connectivity index (χ4n) is 1.81. The number of thiazole rings is 1. The number of hydrogen-bond acceptors (Lipinski definition) is 5. The maximum absolute atomic E-state index is 5.45. The lowest BCUT2D eigenvalue weighted by atomic mass is 10.2. The number of methoxy groups -OCH3 is 1. The van der Waals surface area contributed by atoms with Crippen LogP contribution in [-0.4, -0.2) is 31.9 Å². The lowest BCUT2D eigenvalue weighted by Crippen LogP contribution is -2.05. The van der Waals surface area contributed by atoms with Crippen LogP contribution in [-0.2, 0) is 22.4 Å². The Balaban J connectivity index is 1.71. The molecule has 0 saturated heterocycles. The minimum Gasteiger partial charge on any atom is -0.382 e. The van der Waals surface area contributed by atoms with Crippen LogP contribution >= 0.6 is 11.3 Å². The minimum absolute atomic E-state index is 0.642. The molecule has 5 heteroatoms. The van der Waals surface area contributed by atoms with Gasteiger partial charge in [0.2, 0.25) is 0 Å². The summed E-state index contributed by atoms with van der Waals surface area (Å²) >= 11 is 1.69. The van der Waals surface area contributed by atoms with E-state index in [4.69, 9.17) is 9.47 Å². The van der Waals surface area contributed by atoms with Crippen LogP contribution in [0.5, 0.6) is 0 Å². The number of hydrogen-bond donors (Lipinski definition) is 1. The highest BCUT2D eigenvalue weighted by Gasteiger charge is 2.02. The van der Waals surface area contributed by atoms with Crippen molar-refractivity contribution in [2.24, 2.45) is 0 Å². The summed E-state index contributed by atoms with van der Waals surface area (Å²) in [6.07, 6.45) is 0.860. The first-order valence-corrected chi connectivity index (χ1v) is 7.96. The fraction of sp³-hybridized carbons (Fsp3) is 0.438. The molecule has 0 aliphatic carbocycles. The molecule has 0 spiro atoms. The van der Waals surface area contributed by atoms with Gasteiger partial charge in [-0.2, -0.15) is 0 Å². The Hall–Kier alpha value is -1.43. The second-order valence-electron chi connectivity index (χ2n) is 4.81. The van der Waals surface area contributed by atoms with E-state index in [2.05, 4.69) is 46.9 Å². The van der Waals surface area contributed by atoms with Crippen molar-refractivity contribution in [3.05, 3.63) is 45.9 Å². The molecule has 21 heavy (non-hydrogen) atoms. The number of nitrogens with zero attached hydrogens (tertiary/aromatic N) is 1. The fourth-order valence-corrected chi connectivity index (χ4v) is 2.59. The van der Waals surface area contributed by atoms with E-state index in [1.165, 1.54) is 5.56 Å². The molecule has 0 aliphatic rings. The van der Waals surface area contributed by atoms with E-state index in [1.807, 2.05) is 0 Å². The van der Waals surface area contributed by atoms with Crippen LogP contribution in [0, 0.1) is 6.92 Å². The van der Waals surface area contributed by atoms with Crippen molar-refractivity contribution in [3.8, 4) is 0 Å². The number of ether oxygens (including phenoxy) is 2. The van der Waals surface area contributed by atoms with Crippen LogP contribution in [0.25, 0.3) is 0 Å². The van der Waals surface area contributed by atoms with Crippen LogP contribution in [0.4, 0.5) is 5.69 Å². The first-order valence-electron chi connectivity index (χ1n) is 7.08.